The second-order valence-electron chi connectivity index (χ2n) is 5.53. The zero-order valence-electron chi connectivity index (χ0n) is 12.0. The van der Waals surface area contributed by atoms with Crippen molar-refractivity contribution in [3.63, 3.8) is 0 Å². The molecule has 0 bridgehead atoms. The summed E-state index contributed by atoms with van der Waals surface area (Å²) in [4.78, 5) is 0. The van der Waals surface area contributed by atoms with Gasteiger partial charge in [0.25, 0.3) is 0 Å². The number of aliphatic hydroxyl groups excluding tert-OH is 8. The van der Waals surface area contributed by atoms with E-state index >= 15 is 0 Å². The topological polar surface area (TPSA) is 190 Å². The highest BCUT2D eigenvalue weighted by Crippen LogP contribution is 2.28. The highest BCUT2D eigenvalue weighted by atomic mass is 16.7. The van der Waals surface area contributed by atoms with Crippen molar-refractivity contribution in [3.8, 4) is 0 Å². The first-order valence-electron chi connectivity index (χ1n) is 7.08. The largest absolute Gasteiger partial charge is 0.394 e. The Morgan fingerprint density at radius 1 is 0.652 bits per heavy atom. The molecule has 2 fully saturated rings. The Kier molecular flexibility index (Phi) is 6.27. The van der Waals surface area contributed by atoms with Crippen molar-refractivity contribution in [1.29, 1.82) is 0 Å². The summed E-state index contributed by atoms with van der Waals surface area (Å²) in [7, 11) is 0. The van der Waals surface area contributed by atoms with Crippen molar-refractivity contribution in [2.24, 2.45) is 0 Å². The predicted molar refractivity (Wildman–Crippen MR) is 68.6 cm³/mol. The monoisotopic (exact) mass is 342 g/mol. The fourth-order valence-electron chi connectivity index (χ4n) is 2.56. The van der Waals surface area contributed by atoms with Gasteiger partial charge in [-0.15, -0.1) is 0 Å². The van der Waals surface area contributed by atoms with Crippen molar-refractivity contribution >= 4 is 0 Å². The van der Waals surface area contributed by atoms with Crippen LogP contribution in [0.1, 0.15) is 0 Å². The third-order valence-corrected chi connectivity index (χ3v) is 3.98. The van der Waals surface area contributed by atoms with E-state index in [0.29, 0.717) is 0 Å². The van der Waals surface area contributed by atoms with Crippen LogP contribution in [-0.2, 0) is 14.2 Å². The van der Waals surface area contributed by atoms with Crippen molar-refractivity contribution < 1.29 is 55.1 Å². The number of hydrogen-bond acceptors (Lipinski definition) is 11. The van der Waals surface area contributed by atoms with Gasteiger partial charge in [-0.25, -0.2) is 0 Å². The van der Waals surface area contributed by atoms with E-state index in [1.807, 2.05) is 0 Å². The normalized spacial score (nSPS) is 51.7. The highest BCUT2D eigenvalue weighted by molar-refractivity contribution is 4.93. The van der Waals surface area contributed by atoms with Gasteiger partial charge in [0, 0.05) is 0 Å². The van der Waals surface area contributed by atoms with Crippen LogP contribution in [0, 0.1) is 0 Å². The number of aliphatic hydroxyl groups is 8. The zero-order valence-corrected chi connectivity index (χ0v) is 12.0. The molecule has 0 radical (unpaired) electrons. The van der Waals surface area contributed by atoms with Gasteiger partial charge in [0.15, 0.2) is 12.6 Å². The molecule has 11 heteroatoms. The molecule has 2 saturated heterocycles. The molecule has 8 N–H and O–H groups in total. The standard InChI is InChI=1S/C12H22O11/c13-1-3-5(15)7(17)8(18)12(22-3)23-10-6(16)4(2-14)21-11(20)9(10)19/h3-20H,1-2H2/t3-,4+,5+,6+,7-,8+,9-,10-,11-,12+/m0/s1. The smallest absolute Gasteiger partial charge is 0.187 e. The van der Waals surface area contributed by atoms with Gasteiger partial charge in [-0.1, -0.05) is 0 Å². The first kappa shape index (κ1) is 18.9. The molecule has 0 aromatic heterocycles. The van der Waals surface area contributed by atoms with Crippen LogP contribution in [0.15, 0.2) is 0 Å². The van der Waals surface area contributed by atoms with Crippen molar-refractivity contribution in [3.05, 3.63) is 0 Å². The van der Waals surface area contributed by atoms with Gasteiger partial charge in [0.05, 0.1) is 13.2 Å². The first-order chi connectivity index (χ1) is 10.8. The molecule has 2 aliphatic rings. The van der Waals surface area contributed by atoms with E-state index in [0.717, 1.165) is 0 Å². The molecule has 0 spiro atoms. The van der Waals surface area contributed by atoms with Crippen LogP contribution in [0.2, 0.25) is 0 Å². The molecule has 0 aromatic carbocycles. The lowest BCUT2D eigenvalue weighted by Crippen LogP contribution is -2.64. The predicted octanol–water partition coefficient (Wildman–Crippen LogP) is -5.40. The van der Waals surface area contributed by atoms with Gasteiger partial charge in [0.2, 0.25) is 0 Å². The summed E-state index contributed by atoms with van der Waals surface area (Å²) < 4.78 is 15.1. The van der Waals surface area contributed by atoms with Crippen LogP contribution in [0.4, 0.5) is 0 Å². The highest BCUT2D eigenvalue weighted by Gasteiger charge is 2.50. The SMILES string of the molecule is OC[C@@H]1O[C@H](O[C@@H]2[C@H](O)[C@@H](O)O[C@H](CO)[C@H]2O)[C@H](O)[C@@H](O)[C@@H]1O. The summed E-state index contributed by atoms with van der Waals surface area (Å²) in [5, 5.41) is 76.8. The third-order valence-electron chi connectivity index (χ3n) is 3.98. The van der Waals surface area contributed by atoms with Gasteiger partial charge in [0.1, 0.15) is 48.8 Å². The van der Waals surface area contributed by atoms with Crippen molar-refractivity contribution in [1.82, 2.24) is 0 Å². The molecular formula is C12H22O11. The van der Waals surface area contributed by atoms with E-state index in [2.05, 4.69) is 0 Å². The van der Waals surface area contributed by atoms with Gasteiger partial charge < -0.3 is 55.1 Å². The first-order valence-corrected chi connectivity index (χ1v) is 7.08. The summed E-state index contributed by atoms with van der Waals surface area (Å²) in [5.74, 6) is 0. The van der Waals surface area contributed by atoms with E-state index in [4.69, 9.17) is 24.4 Å². The fraction of sp³-hybridized carbons (Fsp3) is 1.00. The number of rotatable bonds is 4. The Morgan fingerprint density at radius 2 is 1.22 bits per heavy atom. The molecule has 10 atom stereocenters. The zero-order chi connectivity index (χ0) is 17.3. The van der Waals surface area contributed by atoms with Crippen LogP contribution in [-0.4, -0.2) is 115 Å². The Labute approximate surface area is 130 Å². The van der Waals surface area contributed by atoms with E-state index in [9.17, 15) is 30.6 Å². The fourth-order valence-corrected chi connectivity index (χ4v) is 2.56. The van der Waals surface area contributed by atoms with Crippen LogP contribution >= 0.6 is 0 Å². The summed E-state index contributed by atoms with van der Waals surface area (Å²) in [6.45, 7) is -1.34. The average Bonchev–Trinajstić information content (AvgIpc) is 2.54. The molecule has 2 aliphatic heterocycles. The maximum Gasteiger partial charge on any atom is 0.187 e. The van der Waals surface area contributed by atoms with E-state index < -0.39 is 74.6 Å². The average molecular weight is 342 g/mol. The minimum atomic E-state index is -1.76. The van der Waals surface area contributed by atoms with Crippen LogP contribution in [0.3, 0.4) is 0 Å². The van der Waals surface area contributed by atoms with Crippen molar-refractivity contribution in [2.75, 3.05) is 13.2 Å². The lowest BCUT2D eigenvalue weighted by Gasteiger charge is -2.45. The molecule has 23 heavy (non-hydrogen) atoms. The maximum absolute atomic E-state index is 10.00. The molecule has 0 aromatic rings. The third kappa shape index (κ3) is 3.65. The molecule has 11 nitrogen and oxygen atoms in total. The molecule has 2 heterocycles. The van der Waals surface area contributed by atoms with E-state index in [1.165, 1.54) is 0 Å². The second kappa shape index (κ2) is 7.63. The summed E-state index contributed by atoms with van der Waals surface area (Å²) >= 11 is 0. The summed E-state index contributed by atoms with van der Waals surface area (Å²) in [6, 6.07) is 0. The molecule has 0 aliphatic carbocycles. The lowest BCUT2D eigenvalue weighted by atomic mass is 9.97. The van der Waals surface area contributed by atoms with E-state index in [1.54, 1.807) is 0 Å². The van der Waals surface area contributed by atoms with Gasteiger partial charge >= 0.3 is 0 Å². The second-order valence-corrected chi connectivity index (χ2v) is 5.53. The van der Waals surface area contributed by atoms with Crippen LogP contribution < -0.4 is 0 Å². The Bertz CT molecular complexity index is 380. The Hall–Kier alpha value is -0.440. The van der Waals surface area contributed by atoms with Crippen LogP contribution in [0.25, 0.3) is 0 Å². The molecular weight excluding hydrogens is 320 g/mol. The van der Waals surface area contributed by atoms with Gasteiger partial charge in [-0.2, -0.15) is 0 Å². The number of ether oxygens (including phenoxy) is 3. The molecule has 136 valence electrons. The minimum absolute atomic E-state index is 0.667. The number of hydrogen-bond donors (Lipinski definition) is 8. The van der Waals surface area contributed by atoms with Gasteiger partial charge in [-0.05, 0) is 0 Å². The van der Waals surface area contributed by atoms with Gasteiger partial charge in [-0.3, -0.25) is 0 Å². The van der Waals surface area contributed by atoms with E-state index in [-0.39, 0.29) is 0 Å². The maximum atomic E-state index is 10.00. The van der Waals surface area contributed by atoms with Crippen LogP contribution in [0.5, 0.6) is 0 Å². The quantitative estimate of drug-likeness (QED) is 0.243. The molecule has 0 unspecified atom stereocenters. The van der Waals surface area contributed by atoms with Crippen molar-refractivity contribution in [2.45, 2.75) is 61.4 Å². The molecule has 0 amide bonds. The lowest BCUT2D eigenvalue weighted by molar-refractivity contribution is -0.355. The summed E-state index contributed by atoms with van der Waals surface area (Å²) in [5.41, 5.74) is 0. The minimum Gasteiger partial charge on any atom is -0.394 e. The Balaban J connectivity index is 2.11. The molecule has 2 rings (SSSR count). The summed E-state index contributed by atoms with van der Waals surface area (Å²) in [6.07, 6.45) is -15.7. The Morgan fingerprint density at radius 3 is 1.78 bits per heavy atom. The molecule has 0 saturated carbocycles.